The highest BCUT2D eigenvalue weighted by Crippen LogP contribution is 2.42. The molecule has 0 saturated carbocycles. The molecule has 0 saturated heterocycles. The van der Waals surface area contributed by atoms with Gasteiger partial charge in [-0.25, -0.2) is 0 Å². The van der Waals surface area contributed by atoms with E-state index in [4.69, 9.17) is 18.2 Å². The molecule has 1 unspecified atom stereocenters. The van der Waals surface area contributed by atoms with Crippen LogP contribution in [-0.2, 0) is 0 Å². The molecule has 3 aromatic heterocycles. The van der Waals surface area contributed by atoms with E-state index in [2.05, 4.69) is 106 Å². The zero-order chi connectivity index (χ0) is 30.3. The van der Waals surface area contributed by atoms with Crippen molar-refractivity contribution in [2.45, 2.75) is 52.9 Å². The van der Waals surface area contributed by atoms with Crippen molar-refractivity contribution >= 4 is 45.4 Å². The first-order valence-electron chi connectivity index (χ1n) is 15.6. The summed E-state index contributed by atoms with van der Waals surface area (Å²) < 4.78 is 21.4. The van der Waals surface area contributed by atoms with Crippen LogP contribution < -0.4 is 9.47 Å². The number of hydrogen-bond acceptors (Lipinski definition) is 7. The summed E-state index contributed by atoms with van der Waals surface area (Å²) in [5.74, 6) is 2.49. The summed E-state index contributed by atoms with van der Waals surface area (Å²) in [6.45, 7) is 8.16. The Morgan fingerprint density at radius 2 is 1.11 bits per heavy atom. The zero-order valence-electron chi connectivity index (χ0n) is 25.5. The Hall–Kier alpha value is -3.52. The number of rotatable bonds is 14. The van der Waals surface area contributed by atoms with Crippen molar-refractivity contribution in [1.29, 1.82) is 0 Å². The van der Waals surface area contributed by atoms with E-state index < -0.39 is 0 Å². The fourth-order valence-electron chi connectivity index (χ4n) is 5.30. The number of benzene rings is 3. The molecule has 0 aliphatic carbocycles. The normalized spacial score (nSPS) is 12.1. The highest BCUT2D eigenvalue weighted by atomic mass is 32.1. The molecule has 0 fully saturated rings. The lowest BCUT2D eigenvalue weighted by molar-refractivity contribution is 0.233. The maximum Gasteiger partial charge on any atom is 0.119 e. The van der Waals surface area contributed by atoms with Crippen LogP contribution in [-0.4, -0.2) is 22.0 Å². The fraction of sp³-hybridized carbons (Fsp3) is 0.297. The van der Waals surface area contributed by atoms with Crippen molar-refractivity contribution < 1.29 is 9.47 Å². The highest BCUT2D eigenvalue weighted by molar-refractivity contribution is 7.19. The first-order chi connectivity index (χ1) is 21.7. The third-order valence-corrected chi connectivity index (χ3v) is 10.8. The van der Waals surface area contributed by atoms with E-state index in [-0.39, 0.29) is 0 Å². The molecule has 0 amide bonds. The van der Waals surface area contributed by atoms with Gasteiger partial charge in [-0.3, -0.25) is 0 Å². The first-order valence-corrected chi connectivity index (χ1v) is 17.9. The molecule has 0 spiro atoms. The van der Waals surface area contributed by atoms with E-state index in [1.807, 2.05) is 0 Å². The van der Waals surface area contributed by atoms with Crippen LogP contribution >= 0.6 is 34.4 Å². The number of ether oxygens (including phenoxy) is 2. The van der Waals surface area contributed by atoms with Gasteiger partial charge in [0.25, 0.3) is 0 Å². The Labute approximate surface area is 272 Å². The molecule has 44 heavy (non-hydrogen) atoms. The topological polar surface area (TPSA) is 44.2 Å². The van der Waals surface area contributed by atoms with Crippen molar-refractivity contribution in [1.82, 2.24) is 8.75 Å². The molecular weight excluding hydrogens is 601 g/mol. The van der Waals surface area contributed by atoms with Crippen LogP contribution in [0.15, 0.2) is 84.9 Å². The number of hydrogen-bond donors (Lipinski definition) is 0. The molecule has 0 bridgehead atoms. The number of fused-ring (bicyclic) bond motifs is 1. The second-order valence-electron chi connectivity index (χ2n) is 11.1. The molecule has 0 aliphatic heterocycles. The summed E-state index contributed by atoms with van der Waals surface area (Å²) in [4.78, 5) is 4.85. The smallest absolute Gasteiger partial charge is 0.119 e. The van der Waals surface area contributed by atoms with Gasteiger partial charge in [-0.1, -0.05) is 52.2 Å². The first kappa shape index (κ1) is 30.5. The molecule has 3 aromatic carbocycles. The Bertz CT molecular complexity index is 1780. The summed E-state index contributed by atoms with van der Waals surface area (Å²) >= 11 is 4.85. The van der Waals surface area contributed by atoms with Crippen molar-refractivity contribution in [2.24, 2.45) is 5.92 Å². The lowest BCUT2D eigenvalue weighted by Crippen LogP contribution is -2.11. The number of unbranched alkanes of at least 4 members (excludes halogenated alkanes) is 1. The van der Waals surface area contributed by atoms with Crippen LogP contribution in [0.4, 0.5) is 0 Å². The summed E-state index contributed by atoms with van der Waals surface area (Å²) in [7, 11) is 0. The van der Waals surface area contributed by atoms with Gasteiger partial charge >= 0.3 is 0 Å². The van der Waals surface area contributed by atoms with E-state index in [9.17, 15) is 0 Å². The molecule has 6 aromatic rings. The molecule has 3 heterocycles. The molecule has 4 nitrogen and oxygen atoms in total. The average molecular weight is 639 g/mol. The van der Waals surface area contributed by atoms with Gasteiger partial charge in [-0.05, 0) is 103 Å². The summed E-state index contributed by atoms with van der Waals surface area (Å²) in [5.41, 5.74) is 6.58. The molecule has 226 valence electrons. The summed E-state index contributed by atoms with van der Waals surface area (Å²) in [6.07, 6.45) is 5.92. The second kappa shape index (κ2) is 14.5. The maximum atomic E-state index is 6.14. The minimum absolute atomic E-state index is 0.628. The third-order valence-electron chi connectivity index (χ3n) is 7.94. The molecule has 7 heteroatoms. The summed E-state index contributed by atoms with van der Waals surface area (Å²) in [6, 6.07) is 30.1. The standard InChI is InChI=1S/C37H38N2O2S3/c1-4-7-8-25(6-3)24-41-29-15-11-27(12-16-29)33-20-22-35(43-33)31-18-17-30(36-37(31)39-44-38-36)34-21-19-32(42-34)26-9-13-28(14-10-26)40-23-5-2/h9-22,25H,4-8,23-24H2,1-3H3. The average Bonchev–Trinajstić information content (AvgIpc) is 3.86. The predicted molar refractivity (Wildman–Crippen MR) is 189 cm³/mol. The molecule has 0 radical (unpaired) electrons. The number of nitrogens with zero attached hydrogens (tertiary/aromatic N) is 2. The van der Waals surface area contributed by atoms with Gasteiger partial charge in [0.2, 0.25) is 0 Å². The Morgan fingerprint density at radius 1 is 0.591 bits per heavy atom. The SMILES string of the molecule is CCCCC(CC)COc1ccc(-c2ccc(-c3ccc(-c4ccc(-c5ccc(OCCC)cc5)s4)c4nsnc34)s2)cc1. The van der Waals surface area contributed by atoms with Gasteiger partial charge < -0.3 is 9.47 Å². The van der Waals surface area contributed by atoms with Gasteiger partial charge in [0.05, 0.1) is 24.9 Å². The van der Waals surface area contributed by atoms with Crippen LogP contribution in [0.2, 0.25) is 0 Å². The van der Waals surface area contributed by atoms with Crippen LogP contribution in [0.3, 0.4) is 0 Å². The van der Waals surface area contributed by atoms with Crippen molar-refractivity contribution in [3.05, 3.63) is 84.9 Å². The van der Waals surface area contributed by atoms with Crippen molar-refractivity contribution in [2.75, 3.05) is 13.2 Å². The van der Waals surface area contributed by atoms with E-state index in [0.29, 0.717) is 5.92 Å². The van der Waals surface area contributed by atoms with Gasteiger partial charge in [0.15, 0.2) is 0 Å². The van der Waals surface area contributed by atoms with E-state index in [1.165, 1.54) is 61.6 Å². The minimum Gasteiger partial charge on any atom is -0.494 e. The van der Waals surface area contributed by atoms with E-state index >= 15 is 0 Å². The zero-order valence-corrected chi connectivity index (χ0v) is 28.0. The fourth-order valence-corrected chi connectivity index (χ4v) is 7.95. The van der Waals surface area contributed by atoms with E-state index in [1.54, 1.807) is 22.7 Å². The van der Waals surface area contributed by atoms with Gasteiger partial charge in [0.1, 0.15) is 22.5 Å². The molecule has 0 aliphatic rings. The number of thiophene rings is 2. The highest BCUT2D eigenvalue weighted by Gasteiger charge is 2.17. The van der Waals surface area contributed by atoms with Gasteiger partial charge in [0, 0.05) is 30.6 Å². The lowest BCUT2D eigenvalue weighted by Gasteiger charge is -2.15. The molecule has 0 N–H and O–H groups in total. The van der Waals surface area contributed by atoms with Crippen molar-refractivity contribution in [3.63, 3.8) is 0 Å². The Kier molecular flexibility index (Phi) is 10.1. The Morgan fingerprint density at radius 3 is 1.61 bits per heavy atom. The minimum atomic E-state index is 0.628. The van der Waals surface area contributed by atoms with Crippen LogP contribution in [0.5, 0.6) is 11.5 Å². The van der Waals surface area contributed by atoms with Crippen molar-refractivity contribution in [3.8, 4) is 53.3 Å². The molecule has 6 rings (SSSR count). The Balaban J connectivity index is 1.18. The quantitative estimate of drug-likeness (QED) is 0.119. The number of aromatic nitrogens is 2. The van der Waals surface area contributed by atoms with Gasteiger partial charge in [-0.15, -0.1) is 22.7 Å². The lowest BCUT2D eigenvalue weighted by atomic mass is 10.0. The van der Waals surface area contributed by atoms with Crippen LogP contribution in [0, 0.1) is 5.92 Å². The largest absolute Gasteiger partial charge is 0.494 e. The second-order valence-corrected chi connectivity index (χ2v) is 13.8. The predicted octanol–water partition coefficient (Wildman–Crippen LogP) is 11.9. The van der Waals surface area contributed by atoms with Crippen LogP contribution in [0.1, 0.15) is 52.9 Å². The van der Waals surface area contributed by atoms with E-state index in [0.717, 1.165) is 59.7 Å². The van der Waals surface area contributed by atoms with Crippen LogP contribution in [0.25, 0.3) is 52.8 Å². The maximum absolute atomic E-state index is 6.14. The van der Waals surface area contributed by atoms with Gasteiger partial charge in [-0.2, -0.15) is 8.75 Å². The summed E-state index contributed by atoms with van der Waals surface area (Å²) in [5, 5.41) is 0. The monoisotopic (exact) mass is 638 g/mol. The molecular formula is C37H38N2O2S3. The third kappa shape index (κ3) is 6.90. The molecule has 1 atom stereocenters.